The molecule has 1 saturated heterocycles. The first-order chi connectivity index (χ1) is 20.7. The van der Waals surface area contributed by atoms with Crippen LogP contribution in [0.25, 0.3) is 10.8 Å². The summed E-state index contributed by atoms with van der Waals surface area (Å²) in [4.78, 5) is 0. The third-order valence-corrected chi connectivity index (χ3v) is 7.88. The Morgan fingerprint density at radius 1 is 0.786 bits per heavy atom. The molecule has 7 nitrogen and oxygen atoms in total. The van der Waals surface area contributed by atoms with Crippen LogP contribution < -0.4 is 19.5 Å². The minimum absolute atomic E-state index is 0.00354. The standard InChI is InChI=1S/C35H41NO6/c1-38-31-14-7-4-11-27(31)24-40-16-9-17-41-32-15-8-6-13-30(32)35-28(22-37)20-36-21-34(35)42-23-25-18-26-10-3-5-12-29(26)33(19-25)39-2/h3-8,10-15,18-19,28,34-37H,9,16-17,20-24H2,1-2H3/t28-,34+,35-/m1/s1. The third-order valence-electron chi connectivity index (χ3n) is 7.88. The molecule has 0 saturated carbocycles. The molecule has 4 aromatic carbocycles. The molecule has 0 unspecified atom stereocenters. The molecule has 42 heavy (non-hydrogen) atoms. The molecule has 1 aliphatic rings. The van der Waals surface area contributed by atoms with Crippen molar-refractivity contribution in [3.05, 3.63) is 102 Å². The van der Waals surface area contributed by atoms with Crippen molar-refractivity contribution in [3.8, 4) is 17.2 Å². The molecule has 7 heteroatoms. The van der Waals surface area contributed by atoms with Crippen LogP contribution in [0.1, 0.15) is 29.0 Å². The SMILES string of the molecule is COc1ccccc1COCCCOc1ccccc1[C@H]1[C@@H](CO)CNC[C@@H]1OCc1cc(OC)c2ccccc2c1. The third kappa shape index (κ3) is 7.23. The Labute approximate surface area is 248 Å². The van der Waals surface area contributed by atoms with E-state index in [1.807, 2.05) is 60.7 Å². The first-order valence-corrected chi connectivity index (χ1v) is 14.6. The summed E-state index contributed by atoms with van der Waals surface area (Å²) in [5.41, 5.74) is 3.14. The molecule has 2 N–H and O–H groups in total. The molecule has 0 aromatic heterocycles. The van der Waals surface area contributed by atoms with E-state index in [2.05, 4.69) is 29.6 Å². The Hall–Kier alpha value is -3.62. The van der Waals surface area contributed by atoms with E-state index in [9.17, 15) is 5.11 Å². The predicted molar refractivity (Wildman–Crippen MR) is 164 cm³/mol. The van der Waals surface area contributed by atoms with Gasteiger partial charge in [-0.1, -0.05) is 60.7 Å². The Bertz CT molecular complexity index is 1430. The molecule has 5 rings (SSSR count). The van der Waals surface area contributed by atoms with Crippen LogP contribution in [-0.4, -0.2) is 58.3 Å². The van der Waals surface area contributed by atoms with E-state index in [-0.39, 0.29) is 24.5 Å². The summed E-state index contributed by atoms with van der Waals surface area (Å²) in [5.74, 6) is 2.48. The van der Waals surface area contributed by atoms with Gasteiger partial charge in [-0.2, -0.15) is 0 Å². The molecule has 1 fully saturated rings. The maximum Gasteiger partial charge on any atom is 0.127 e. The van der Waals surface area contributed by atoms with Gasteiger partial charge in [0.1, 0.15) is 17.2 Å². The number of hydrogen-bond donors (Lipinski definition) is 2. The van der Waals surface area contributed by atoms with E-state index < -0.39 is 0 Å². The van der Waals surface area contributed by atoms with E-state index in [0.29, 0.717) is 33.0 Å². The number of aliphatic hydroxyl groups excluding tert-OH is 1. The van der Waals surface area contributed by atoms with Crippen LogP contribution in [0.2, 0.25) is 0 Å². The van der Waals surface area contributed by atoms with Crippen LogP contribution in [0, 0.1) is 5.92 Å². The molecule has 0 bridgehead atoms. The molecule has 0 radical (unpaired) electrons. The van der Waals surface area contributed by atoms with Gasteiger partial charge in [-0.3, -0.25) is 0 Å². The lowest BCUT2D eigenvalue weighted by Gasteiger charge is -2.38. The molecule has 0 spiro atoms. The average molecular weight is 572 g/mol. The van der Waals surface area contributed by atoms with E-state index in [1.165, 1.54) is 0 Å². The number of nitrogens with one attached hydrogen (secondary N) is 1. The Morgan fingerprint density at radius 3 is 2.38 bits per heavy atom. The van der Waals surface area contributed by atoms with Crippen LogP contribution >= 0.6 is 0 Å². The fraction of sp³-hybridized carbons (Fsp3) is 0.371. The van der Waals surface area contributed by atoms with Gasteiger partial charge < -0.3 is 34.1 Å². The summed E-state index contributed by atoms with van der Waals surface area (Å²) < 4.78 is 29.8. The number of fused-ring (bicyclic) bond motifs is 1. The number of piperidine rings is 1. The second-order valence-corrected chi connectivity index (χ2v) is 10.6. The van der Waals surface area contributed by atoms with E-state index >= 15 is 0 Å². The highest BCUT2D eigenvalue weighted by molar-refractivity contribution is 5.89. The normalized spacial score (nSPS) is 18.6. The number of hydrogen-bond acceptors (Lipinski definition) is 7. The van der Waals surface area contributed by atoms with E-state index in [4.69, 9.17) is 23.7 Å². The van der Waals surface area contributed by atoms with E-state index in [0.717, 1.165) is 57.7 Å². The van der Waals surface area contributed by atoms with Gasteiger partial charge in [0.25, 0.3) is 0 Å². The van der Waals surface area contributed by atoms with Crippen LogP contribution in [0.3, 0.4) is 0 Å². The highest BCUT2D eigenvalue weighted by atomic mass is 16.5. The second kappa shape index (κ2) is 15.0. The minimum atomic E-state index is -0.137. The highest BCUT2D eigenvalue weighted by Gasteiger charge is 2.36. The smallest absolute Gasteiger partial charge is 0.127 e. The van der Waals surface area contributed by atoms with Gasteiger partial charge in [0.05, 0.1) is 46.8 Å². The van der Waals surface area contributed by atoms with Crippen molar-refractivity contribution in [2.75, 3.05) is 47.1 Å². The molecule has 0 amide bonds. The Morgan fingerprint density at radius 2 is 1.55 bits per heavy atom. The van der Waals surface area contributed by atoms with Gasteiger partial charge in [0.15, 0.2) is 0 Å². The fourth-order valence-electron chi connectivity index (χ4n) is 5.79. The summed E-state index contributed by atoms with van der Waals surface area (Å²) in [5, 5.41) is 16.0. The summed E-state index contributed by atoms with van der Waals surface area (Å²) in [7, 11) is 3.37. The summed E-state index contributed by atoms with van der Waals surface area (Å²) in [6.07, 6.45) is 0.616. The number of benzene rings is 4. The van der Waals surface area contributed by atoms with Gasteiger partial charge in [-0.25, -0.2) is 0 Å². The first kappa shape index (κ1) is 29.9. The molecular formula is C35H41NO6. The number of methoxy groups -OCH3 is 2. The lowest BCUT2D eigenvalue weighted by atomic mass is 9.79. The van der Waals surface area contributed by atoms with Crippen molar-refractivity contribution >= 4 is 10.8 Å². The van der Waals surface area contributed by atoms with Crippen LogP contribution in [0.15, 0.2) is 84.9 Å². The monoisotopic (exact) mass is 571 g/mol. The van der Waals surface area contributed by atoms with Crippen molar-refractivity contribution in [2.45, 2.75) is 31.7 Å². The van der Waals surface area contributed by atoms with Crippen molar-refractivity contribution in [1.82, 2.24) is 5.32 Å². The second-order valence-electron chi connectivity index (χ2n) is 10.6. The van der Waals surface area contributed by atoms with Gasteiger partial charge >= 0.3 is 0 Å². The van der Waals surface area contributed by atoms with Crippen LogP contribution in [0.5, 0.6) is 17.2 Å². The van der Waals surface area contributed by atoms with Crippen LogP contribution in [-0.2, 0) is 22.7 Å². The van der Waals surface area contributed by atoms with Crippen LogP contribution in [0.4, 0.5) is 0 Å². The summed E-state index contributed by atoms with van der Waals surface area (Å²) >= 11 is 0. The Balaban J connectivity index is 1.23. The predicted octanol–water partition coefficient (Wildman–Crippen LogP) is 5.72. The van der Waals surface area contributed by atoms with Crippen molar-refractivity contribution in [2.24, 2.45) is 5.92 Å². The van der Waals surface area contributed by atoms with E-state index in [1.54, 1.807) is 14.2 Å². The largest absolute Gasteiger partial charge is 0.496 e. The topological polar surface area (TPSA) is 78.4 Å². The van der Waals surface area contributed by atoms with Crippen molar-refractivity contribution < 1.29 is 28.8 Å². The number of para-hydroxylation sites is 2. The lowest BCUT2D eigenvalue weighted by Crippen LogP contribution is -2.48. The molecule has 1 heterocycles. The first-order valence-electron chi connectivity index (χ1n) is 14.6. The quantitative estimate of drug-likeness (QED) is 0.187. The molecule has 3 atom stereocenters. The molecule has 222 valence electrons. The molecular weight excluding hydrogens is 530 g/mol. The molecule has 1 aliphatic heterocycles. The van der Waals surface area contributed by atoms with Gasteiger partial charge in [-0.15, -0.1) is 0 Å². The van der Waals surface area contributed by atoms with Gasteiger partial charge in [0.2, 0.25) is 0 Å². The van der Waals surface area contributed by atoms with Gasteiger partial charge in [0, 0.05) is 54.5 Å². The highest BCUT2D eigenvalue weighted by Crippen LogP contribution is 2.38. The van der Waals surface area contributed by atoms with Crippen molar-refractivity contribution in [1.29, 1.82) is 0 Å². The zero-order valence-corrected chi connectivity index (χ0v) is 24.5. The minimum Gasteiger partial charge on any atom is -0.496 e. The average Bonchev–Trinajstić information content (AvgIpc) is 3.05. The fourth-order valence-corrected chi connectivity index (χ4v) is 5.79. The molecule has 0 aliphatic carbocycles. The number of aliphatic hydroxyl groups is 1. The molecule has 4 aromatic rings. The zero-order valence-electron chi connectivity index (χ0n) is 24.5. The summed E-state index contributed by atoms with van der Waals surface area (Å²) in [6.45, 7) is 3.51. The maximum absolute atomic E-state index is 10.3. The maximum atomic E-state index is 10.3. The zero-order chi connectivity index (χ0) is 29.1. The van der Waals surface area contributed by atoms with Gasteiger partial charge in [-0.05, 0) is 35.2 Å². The number of ether oxygens (including phenoxy) is 5. The Kier molecular flexibility index (Phi) is 10.7. The number of rotatable bonds is 14. The van der Waals surface area contributed by atoms with Crippen molar-refractivity contribution in [3.63, 3.8) is 0 Å². The lowest BCUT2D eigenvalue weighted by molar-refractivity contribution is -0.0158. The summed E-state index contributed by atoms with van der Waals surface area (Å²) in [6, 6.07) is 28.4.